The predicted molar refractivity (Wildman–Crippen MR) is 122 cm³/mol. The fraction of sp³-hybridized carbons (Fsp3) is 0.0833. The molecule has 0 radical (unpaired) electrons. The molecule has 1 heterocycles. The molecule has 1 atom stereocenters. The van der Waals surface area contributed by atoms with E-state index < -0.39 is 46.4 Å². The van der Waals surface area contributed by atoms with Crippen LogP contribution in [0.15, 0.2) is 60.2 Å². The molecule has 4 rings (SSSR count). The number of anilines is 1. The normalized spacial score (nSPS) is 17.3. The molecule has 3 aromatic rings. The van der Waals surface area contributed by atoms with Gasteiger partial charge in [-0.3, -0.25) is 14.5 Å². The van der Waals surface area contributed by atoms with Crippen molar-refractivity contribution in [3.63, 3.8) is 0 Å². The molecule has 174 valence electrons. The van der Waals surface area contributed by atoms with Crippen LogP contribution < -0.4 is 9.64 Å². The van der Waals surface area contributed by atoms with Crippen molar-refractivity contribution in [2.75, 3.05) is 12.0 Å². The second-order valence-electron chi connectivity index (χ2n) is 7.33. The molecule has 2 N–H and O–H groups in total. The number of aliphatic hydroxyl groups excluding tert-OH is 1. The van der Waals surface area contributed by atoms with Crippen molar-refractivity contribution in [1.29, 1.82) is 0 Å². The number of benzene rings is 3. The summed E-state index contributed by atoms with van der Waals surface area (Å²) in [5, 5.41) is 21.1. The van der Waals surface area contributed by atoms with E-state index in [1.807, 2.05) is 0 Å². The van der Waals surface area contributed by atoms with Gasteiger partial charge in [0.2, 0.25) is 0 Å². The molecule has 0 aliphatic carbocycles. The van der Waals surface area contributed by atoms with Gasteiger partial charge in [-0.2, -0.15) is 0 Å². The van der Waals surface area contributed by atoms with Crippen molar-refractivity contribution >= 4 is 46.3 Å². The van der Waals surface area contributed by atoms with Crippen molar-refractivity contribution < 1.29 is 33.3 Å². The zero-order chi connectivity index (χ0) is 24.7. The van der Waals surface area contributed by atoms with Gasteiger partial charge in [-0.1, -0.05) is 35.3 Å². The van der Waals surface area contributed by atoms with Crippen molar-refractivity contribution in [3.8, 4) is 11.5 Å². The smallest absolute Gasteiger partial charge is 0.300 e. The maximum atomic E-state index is 14.7. The van der Waals surface area contributed by atoms with Crippen LogP contribution >= 0.6 is 23.2 Å². The Balaban J connectivity index is 2.00. The van der Waals surface area contributed by atoms with Gasteiger partial charge in [-0.15, -0.1) is 0 Å². The summed E-state index contributed by atoms with van der Waals surface area (Å²) < 4.78 is 33.7. The molecule has 0 spiro atoms. The highest BCUT2D eigenvalue weighted by Gasteiger charge is 2.48. The number of aromatic hydroxyl groups is 1. The Morgan fingerprint density at radius 3 is 2.32 bits per heavy atom. The van der Waals surface area contributed by atoms with Gasteiger partial charge in [-0.05, 0) is 42.0 Å². The van der Waals surface area contributed by atoms with E-state index in [1.165, 1.54) is 43.5 Å². The Kier molecular flexibility index (Phi) is 6.20. The Morgan fingerprint density at radius 1 is 1.03 bits per heavy atom. The number of carbonyl (C=O) groups is 2. The summed E-state index contributed by atoms with van der Waals surface area (Å²) >= 11 is 12.3. The number of halogens is 4. The van der Waals surface area contributed by atoms with Gasteiger partial charge < -0.3 is 14.9 Å². The van der Waals surface area contributed by atoms with Gasteiger partial charge in [0.15, 0.2) is 5.75 Å². The second-order valence-corrected chi connectivity index (χ2v) is 8.15. The Morgan fingerprint density at radius 2 is 1.71 bits per heavy atom. The van der Waals surface area contributed by atoms with E-state index in [0.717, 1.165) is 23.1 Å². The number of phenols is 1. The van der Waals surface area contributed by atoms with Crippen LogP contribution in [0.1, 0.15) is 17.2 Å². The molecule has 0 aromatic heterocycles. The highest BCUT2D eigenvalue weighted by molar-refractivity contribution is 6.51. The minimum Gasteiger partial charge on any atom is -0.508 e. The molecule has 0 saturated carbocycles. The zero-order valence-corrected chi connectivity index (χ0v) is 18.9. The highest BCUT2D eigenvalue weighted by Crippen LogP contribution is 2.45. The van der Waals surface area contributed by atoms with E-state index >= 15 is 0 Å². The first-order chi connectivity index (χ1) is 16.1. The first-order valence-electron chi connectivity index (χ1n) is 9.72. The maximum absolute atomic E-state index is 14.7. The fourth-order valence-electron chi connectivity index (χ4n) is 3.81. The molecule has 1 amide bonds. The number of methoxy groups -OCH3 is 1. The van der Waals surface area contributed by atoms with Crippen LogP contribution in [0.4, 0.5) is 14.5 Å². The lowest BCUT2D eigenvalue weighted by molar-refractivity contribution is -0.132. The molecule has 1 fully saturated rings. The number of hydrogen-bond donors (Lipinski definition) is 2. The Bertz CT molecular complexity index is 1350. The van der Waals surface area contributed by atoms with Gasteiger partial charge >= 0.3 is 0 Å². The summed E-state index contributed by atoms with van der Waals surface area (Å²) in [7, 11) is 1.34. The lowest BCUT2D eigenvalue weighted by Gasteiger charge is -2.26. The lowest BCUT2D eigenvalue weighted by atomic mass is 9.95. The van der Waals surface area contributed by atoms with Crippen molar-refractivity contribution in [2.45, 2.75) is 6.04 Å². The SMILES string of the molecule is COc1c(Cl)cc(/C(O)=C2\C(=O)C(=O)N(c3cc(F)ccc3F)C2c2cccc(O)c2)cc1Cl. The van der Waals surface area contributed by atoms with E-state index in [0.29, 0.717) is 0 Å². The third kappa shape index (κ3) is 3.95. The molecule has 0 bridgehead atoms. The van der Waals surface area contributed by atoms with Crippen LogP contribution in [0.3, 0.4) is 0 Å². The zero-order valence-electron chi connectivity index (χ0n) is 17.4. The summed E-state index contributed by atoms with van der Waals surface area (Å²) in [6, 6.07) is 9.07. The molecule has 1 saturated heterocycles. The van der Waals surface area contributed by atoms with Gasteiger partial charge in [0, 0.05) is 11.6 Å². The van der Waals surface area contributed by atoms with Gasteiger partial charge in [0.1, 0.15) is 23.1 Å². The summed E-state index contributed by atoms with van der Waals surface area (Å²) in [4.78, 5) is 26.8. The third-order valence-electron chi connectivity index (χ3n) is 5.27. The predicted octanol–water partition coefficient (Wildman–Crippen LogP) is 5.61. The summed E-state index contributed by atoms with van der Waals surface area (Å²) in [5.74, 6) is -4.91. The lowest BCUT2D eigenvalue weighted by Crippen LogP contribution is -2.30. The standard InChI is InChI=1S/C24H15Cl2F2NO5/c1-34-23-15(25)8-12(9-16(23)26)21(31)19-20(11-3-2-4-14(30)7-11)29(24(33)22(19)32)18-10-13(27)5-6-17(18)28/h2-10,20,30-31H,1H3/b21-19+. The van der Waals surface area contributed by atoms with E-state index in [2.05, 4.69) is 0 Å². The summed E-state index contributed by atoms with van der Waals surface area (Å²) in [6.07, 6.45) is 0. The molecule has 1 unspecified atom stereocenters. The van der Waals surface area contributed by atoms with Crippen LogP contribution in [0.5, 0.6) is 11.5 Å². The molecule has 10 heteroatoms. The first-order valence-corrected chi connectivity index (χ1v) is 10.5. The van der Waals surface area contributed by atoms with Gasteiger partial charge in [0.25, 0.3) is 11.7 Å². The van der Waals surface area contributed by atoms with Crippen LogP contribution in [0, 0.1) is 11.6 Å². The van der Waals surface area contributed by atoms with Gasteiger partial charge in [0.05, 0.1) is 34.5 Å². The van der Waals surface area contributed by atoms with E-state index in [1.54, 1.807) is 0 Å². The average molecular weight is 506 g/mol. The van der Waals surface area contributed by atoms with E-state index in [-0.39, 0.29) is 32.7 Å². The number of aliphatic hydroxyl groups is 1. The first kappa shape index (κ1) is 23.5. The second kappa shape index (κ2) is 8.96. The van der Waals surface area contributed by atoms with E-state index in [9.17, 15) is 28.6 Å². The van der Waals surface area contributed by atoms with Crippen LogP contribution in [-0.2, 0) is 9.59 Å². The molecule has 6 nitrogen and oxygen atoms in total. The Hall–Kier alpha value is -3.62. The van der Waals surface area contributed by atoms with Crippen LogP contribution in [0.25, 0.3) is 5.76 Å². The van der Waals surface area contributed by atoms with E-state index in [4.69, 9.17) is 27.9 Å². The quantitative estimate of drug-likeness (QED) is 0.273. The summed E-state index contributed by atoms with van der Waals surface area (Å²) in [5.41, 5.74) is -0.800. The molecular weight excluding hydrogens is 491 g/mol. The van der Waals surface area contributed by atoms with Gasteiger partial charge in [-0.25, -0.2) is 8.78 Å². The minimum atomic E-state index is -1.40. The number of amides is 1. The number of Topliss-reactive ketones (excluding diaryl/α,β-unsaturated/α-hetero) is 1. The molecule has 1 aliphatic rings. The number of hydrogen-bond acceptors (Lipinski definition) is 5. The number of carbonyl (C=O) groups excluding carboxylic acids is 2. The average Bonchev–Trinajstić information content (AvgIpc) is 3.05. The molecule has 1 aliphatic heterocycles. The minimum absolute atomic E-state index is 0.0151. The fourth-order valence-corrected chi connectivity index (χ4v) is 4.45. The number of ketones is 1. The number of ether oxygens (including phenoxy) is 1. The monoisotopic (exact) mass is 505 g/mol. The van der Waals surface area contributed by atoms with Crippen LogP contribution in [0.2, 0.25) is 10.0 Å². The van der Waals surface area contributed by atoms with Crippen LogP contribution in [-0.4, -0.2) is 29.0 Å². The number of nitrogens with zero attached hydrogens (tertiary/aromatic N) is 1. The topological polar surface area (TPSA) is 87.1 Å². The largest absolute Gasteiger partial charge is 0.508 e. The Labute approximate surface area is 202 Å². The molecule has 3 aromatic carbocycles. The number of rotatable bonds is 4. The van der Waals surface area contributed by atoms with Crippen molar-refractivity contribution in [1.82, 2.24) is 0 Å². The maximum Gasteiger partial charge on any atom is 0.300 e. The third-order valence-corrected chi connectivity index (χ3v) is 5.84. The van der Waals surface area contributed by atoms with Crippen molar-refractivity contribution in [2.24, 2.45) is 0 Å². The van der Waals surface area contributed by atoms with Crippen molar-refractivity contribution in [3.05, 3.63) is 93.0 Å². The number of phenolic OH excluding ortho intramolecular Hbond substituents is 1. The summed E-state index contributed by atoms with van der Waals surface area (Å²) in [6.45, 7) is 0. The molecule has 34 heavy (non-hydrogen) atoms. The molecular formula is C24H15Cl2F2NO5. The highest BCUT2D eigenvalue weighted by atomic mass is 35.5.